The number of imidazole rings is 2. The largest absolute Gasteiger partial charge is 0.297 e. The van der Waals surface area contributed by atoms with Crippen molar-refractivity contribution in [3.63, 3.8) is 0 Å². The summed E-state index contributed by atoms with van der Waals surface area (Å²) in [6, 6.07) is 3.59. The molecule has 0 spiro atoms. The minimum Gasteiger partial charge on any atom is -0.297 e. The summed E-state index contributed by atoms with van der Waals surface area (Å²) in [5.74, 6) is 0.700. The number of hydrogen-bond donors (Lipinski definition) is 0. The van der Waals surface area contributed by atoms with E-state index in [0.29, 0.717) is 12.4 Å². The Hall–Kier alpha value is -2.78. The number of hydrogen-bond acceptors (Lipinski definition) is 6. The minimum absolute atomic E-state index is 0.0757. The number of rotatable bonds is 5. The molecule has 8 nitrogen and oxygen atoms in total. The van der Waals surface area contributed by atoms with Crippen molar-refractivity contribution in [2.24, 2.45) is 0 Å². The van der Waals surface area contributed by atoms with Gasteiger partial charge in [0.1, 0.15) is 6.33 Å². The van der Waals surface area contributed by atoms with Crippen LogP contribution in [-0.4, -0.2) is 46.2 Å². The van der Waals surface area contributed by atoms with Crippen LogP contribution in [0.4, 0.5) is 0 Å². The van der Waals surface area contributed by atoms with Crippen molar-refractivity contribution in [1.82, 2.24) is 33.6 Å². The normalized spacial score (nSPS) is 17.9. The quantitative estimate of drug-likeness (QED) is 0.527. The number of nitrogens with zero attached hydrogens (tertiary/aromatic N) is 7. The molecule has 9 heteroatoms. The van der Waals surface area contributed by atoms with Crippen LogP contribution in [0.25, 0.3) is 10.8 Å². The molecule has 1 unspecified atom stereocenters. The van der Waals surface area contributed by atoms with Gasteiger partial charge in [-0.3, -0.25) is 18.7 Å². The van der Waals surface area contributed by atoms with Gasteiger partial charge < -0.3 is 0 Å². The lowest BCUT2D eigenvalue weighted by atomic mass is 10.2. The van der Waals surface area contributed by atoms with Crippen molar-refractivity contribution in [3.05, 3.63) is 64.7 Å². The Labute approximate surface area is 159 Å². The van der Waals surface area contributed by atoms with Crippen LogP contribution in [-0.2, 0) is 13.1 Å². The molecule has 5 rings (SSSR count). The van der Waals surface area contributed by atoms with Gasteiger partial charge in [-0.2, -0.15) is 5.10 Å². The monoisotopic (exact) mass is 381 g/mol. The highest BCUT2D eigenvalue weighted by Crippen LogP contribution is 2.22. The van der Waals surface area contributed by atoms with E-state index in [1.54, 1.807) is 45.2 Å². The molecule has 1 saturated heterocycles. The molecule has 0 bridgehead atoms. The lowest BCUT2D eigenvalue weighted by Crippen LogP contribution is -2.37. The average molecular weight is 381 g/mol. The highest BCUT2D eigenvalue weighted by molar-refractivity contribution is 7.15. The summed E-state index contributed by atoms with van der Waals surface area (Å²) in [6.45, 7) is 2.41. The molecular weight excluding hydrogens is 362 g/mol. The molecule has 1 fully saturated rings. The SMILES string of the molecule is O=c1ccc(-n2ccnc2)nn1CC1CCCN1Cc1cn2ccsc2n1. The maximum Gasteiger partial charge on any atom is 0.266 e. The predicted molar refractivity (Wildman–Crippen MR) is 102 cm³/mol. The smallest absolute Gasteiger partial charge is 0.266 e. The number of aromatic nitrogens is 6. The first-order valence-electron chi connectivity index (χ1n) is 8.98. The lowest BCUT2D eigenvalue weighted by Gasteiger charge is -2.23. The van der Waals surface area contributed by atoms with Crippen LogP contribution in [0.2, 0.25) is 0 Å². The van der Waals surface area contributed by atoms with Crippen molar-refractivity contribution in [1.29, 1.82) is 0 Å². The van der Waals surface area contributed by atoms with Gasteiger partial charge in [-0.25, -0.2) is 14.6 Å². The van der Waals surface area contributed by atoms with E-state index in [0.717, 1.165) is 36.6 Å². The molecule has 1 aliphatic rings. The summed E-state index contributed by atoms with van der Waals surface area (Å²) in [5.41, 5.74) is 0.995. The molecule has 138 valence electrons. The number of fused-ring (bicyclic) bond motifs is 1. The molecule has 4 aromatic heterocycles. The minimum atomic E-state index is -0.0757. The maximum absolute atomic E-state index is 12.3. The fraction of sp³-hybridized carbons (Fsp3) is 0.333. The fourth-order valence-corrected chi connectivity index (χ4v) is 4.39. The Morgan fingerprint density at radius 2 is 2.22 bits per heavy atom. The molecule has 27 heavy (non-hydrogen) atoms. The third-order valence-electron chi connectivity index (χ3n) is 5.01. The molecule has 0 aliphatic carbocycles. The van der Waals surface area contributed by atoms with Crippen LogP contribution in [0, 0.1) is 0 Å². The van der Waals surface area contributed by atoms with Crippen LogP contribution in [0.3, 0.4) is 0 Å². The van der Waals surface area contributed by atoms with Gasteiger partial charge in [0.2, 0.25) is 0 Å². The van der Waals surface area contributed by atoms with Gasteiger partial charge in [0.05, 0.1) is 12.2 Å². The number of likely N-dealkylation sites (tertiary alicyclic amines) is 1. The second kappa shape index (κ2) is 6.75. The van der Waals surface area contributed by atoms with Crippen molar-refractivity contribution >= 4 is 16.3 Å². The summed E-state index contributed by atoms with van der Waals surface area (Å²) in [7, 11) is 0. The fourth-order valence-electron chi connectivity index (χ4n) is 3.67. The Bertz CT molecular complexity index is 1080. The number of thiazole rings is 1. The second-order valence-corrected chi connectivity index (χ2v) is 7.65. The van der Waals surface area contributed by atoms with Gasteiger partial charge in [0, 0.05) is 48.8 Å². The Kier molecular flexibility index (Phi) is 4.10. The van der Waals surface area contributed by atoms with Crippen LogP contribution in [0.1, 0.15) is 18.5 Å². The van der Waals surface area contributed by atoms with E-state index in [4.69, 9.17) is 0 Å². The average Bonchev–Trinajstić information content (AvgIpc) is 3.42. The van der Waals surface area contributed by atoms with E-state index in [9.17, 15) is 4.79 Å². The van der Waals surface area contributed by atoms with E-state index in [-0.39, 0.29) is 11.6 Å². The molecule has 0 N–H and O–H groups in total. The Balaban J connectivity index is 1.35. The van der Waals surface area contributed by atoms with E-state index in [1.807, 2.05) is 17.8 Å². The molecule has 1 aliphatic heterocycles. The van der Waals surface area contributed by atoms with Gasteiger partial charge in [-0.1, -0.05) is 0 Å². The van der Waals surface area contributed by atoms with Crippen molar-refractivity contribution in [2.75, 3.05) is 6.54 Å². The van der Waals surface area contributed by atoms with Gasteiger partial charge in [-0.05, 0) is 25.5 Å². The van der Waals surface area contributed by atoms with Crippen molar-refractivity contribution in [3.8, 4) is 5.82 Å². The Morgan fingerprint density at radius 3 is 3.07 bits per heavy atom. The summed E-state index contributed by atoms with van der Waals surface area (Å²) < 4.78 is 5.44. The third kappa shape index (κ3) is 3.19. The molecule has 5 heterocycles. The van der Waals surface area contributed by atoms with Gasteiger partial charge in [0.15, 0.2) is 10.8 Å². The first kappa shape index (κ1) is 16.4. The van der Waals surface area contributed by atoms with Crippen molar-refractivity contribution in [2.45, 2.75) is 32.0 Å². The van der Waals surface area contributed by atoms with E-state index in [1.165, 1.54) is 0 Å². The zero-order chi connectivity index (χ0) is 18.2. The van der Waals surface area contributed by atoms with Gasteiger partial charge in [-0.15, -0.1) is 11.3 Å². The van der Waals surface area contributed by atoms with Crippen LogP contribution in [0.15, 0.2) is 53.4 Å². The highest BCUT2D eigenvalue weighted by Gasteiger charge is 2.26. The first-order chi connectivity index (χ1) is 13.3. The standard InChI is InChI=1S/C18H19N7OS/c26-17-4-3-16(24-7-5-19-13-24)21-25(17)12-15-2-1-6-22(15)10-14-11-23-8-9-27-18(23)20-14/h3-5,7-9,11,13,15H,1-2,6,10,12H2. The topological polar surface area (TPSA) is 73.2 Å². The van der Waals surface area contributed by atoms with E-state index < -0.39 is 0 Å². The second-order valence-electron chi connectivity index (χ2n) is 6.77. The van der Waals surface area contributed by atoms with Crippen LogP contribution >= 0.6 is 11.3 Å². The van der Waals surface area contributed by atoms with Crippen molar-refractivity contribution < 1.29 is 0 Å². The Morgan fingerprint density at radius 1 is 1.26 bits per heavy atom. The van der Waals surface area contributed by atoms with E-state index >= 15 is 0 Å². The molecule has 0 saturated carbocycles. The maximum atomic E-state index is 12.3. The molecule has 4 aromatic rings. The molecular formula is C18H19N7OS. The van der Waals surface area contributed by atoms with Gasteiger partial charge >= 0.3 is 0 Å². The zero-order valence-corrected chi connectivity index (χ0v) is 15.5. The van der Waals surface area contributed by atoms with Crippen LogP contribution in [0.5, 0.6) is 0 Å². The van der Waals surface area contributed by atoms with Crippen LogP contribution < -0.4 is 5.56 Å². The van der Waals surface area contributed by atoms with Gasteiger partial charge in [0.25, 0.3) is 5.56 Å². The summed E-state index contributed by atoms with van der Waals surface area (Å²) in [4.78, 5) is 24.5. The highest BCUT2D eigenvalue weighted by atomic mass is 32.1. The zero-order valence-electron chi connectivity index (χ0n) is 14.7. The molecule has 0 radical (unpaired) electrons. The summed E-state index contributed by atoms with van der Waals surface area (Å²) >= 11 is 1.64. The van der Waals surface area contributed by atoms with E-state index in [2.05, 4.69) is 30.6 Å². The molecule has 1 atom stereocenters. The summed E-state index contributed by atoms with van der Waals surface area (Å²) in [5, 5.41) is 6.57. The molecule has 0 aromatic carbocycles. The third-order valence-corrected chi connectivity index (χ3v) is 5.78. The predicted octanol–water partition coefficient (Wildman–Crippen LogP) is 1.80. The summed E-state index contributed by atoms with van der Waals surface area (Å²) in [6.07, 6.45) is 11.5. The lowest BCUT2D eigenvalue weighted by molar-refractivity contribution is 0.214. The first-order valence-corrected chi connectivity index (χ1v) is 9.86. The molecule has 0 amide bonds.